The first kappa shape index (κ1) is 20.5. The van der Waals surface area contributed by atoms with E-state index in [0.29, 0.717) is 11.2 Å². The maximum absolute atomic E-state index is 13.1. The third kappa shape index (κ3) is 3.59. The van der Waals surface area contributed by atoms with Crippen molar-refractivity contribution < 1.29 is 8.42 Å². The molecule has 1 saturated heterocycles. The van der Waals surface area contributed by atoms with Crippen molar-refractivity contribution in [2.75, 3.05) is 42.8 Å². The number of likely N-dealkylation sites (N-methyl/N-ethyl adjacent to an activating group) is 1. The van der Waals surface area contributed by atoms with Crippen molar-refractivity contribution in [2.24, 2.45) is 14.1 Å². The Morgan fingerprint density at radius 2 is 1.43 bits per heavy atom. The van der Waals surface area contributed by atoms with Gasteiger partial charge in [-0.15, -0.1) is 0 Å². The smallest absolute Gasteiger partial charge is 0.328 e. The molecule has 0 atom stereocenters. The van der Waals surface area contributed by atoms with E-state index in [0.717, 1.165) is 42.9 Å². The van der Waals surface area contributed by atoms with E-state index in [1.54, 1.807) is 49.0 Å². The Bertz CT molecular complexity index is 1250. The second-order valence-electron chi connectivity index (χ2n) is 7.97. The highest BCUT2D eigenvalue weighted by atomic mass is 32.2. The summed E-state index contributed by atoms with van der Waals surface area (Å²) < 4.78 is 32.1. The number of aromatic nitrogens is 2. The van der Waals surface area contributed by atoms with Gasteiger partial charge >= 0.3 is 5.69 Å². The maximum Gasteiger partial charge on any atom is 0.328 e. The summed E-state index contributed by atoms with van der Waals surface area (Å²) in [7, 11) is 1.73. The summed E-state index contributed by atoms with van der Waals surface area (Å²) in [4.78, 5) is 17.1. The molecule has 1 fully saturated rings. The molecule has 0 unspecified atom stereocenters. The van der Waals surface area contributed by atoms with Crippen LogP contribution in [0.5, 0.6) is 0 Å². The fourth-order valence-electron chi connectivity index (χ4n) is 3.85. The van der Waals surface area contributed by atoms with Gasteiger partial charge < -0.3 is 9.80 Å². The molecule has 2 heterocycles. The standard InChI is InChI=1S/C21H27N5O3S/c1-15-5-7-16(8-6-15)30(28,29)22-17-13-19-20(25(4)21(27)24(19)3)14-18(17)26-11-9-23(2)10-12-26/h5-8,13-14,22H,9-12H2,1-4H3. The lowest BCUT2D eigenvalue weighted by atomic mass is 10.2. The number of hydrogen-bond donors (Lipinski definition) is 1. The van der Waals surface area contributed by atoms with Crippen molar-refractivity contribution in [1.29, 1.82) is 0 Å². The van der Waals surface area contributed by atoms with Crippen molar-refractivity contribution in [1.82, 2.24) is 14.0 Å². The van der Waals surface area contributed by atoms with E-state index in [1.807, 2.05) is 13.0 Å². The van der Waals surface area contributed by atoms with E-state index >= 15 is 0 Å². The molecule has 0 spiro atoms. The molecule has 1 N–H and O–H groups in total. The van der Waals surface area contributed by atoms with Crippen molar-refractivity contribution in [3.63, 3.8) is 0 Å². The predicted molar refractivity (Wildman–Crippen MR) is 120 cm³/mol. The van der Waals surface area contributed by atoms with Crippen LogP contribution in [0, 0.1) is 6.92 Å². The first-order chi connectivity index (χ1) is 14.2. The Morgan fingerprint density at radius 3 is 2.03 bits per heavy atom. The lowest BCUT2D eigenvalue weighted by Gasteiger charge is -2.35. The number of anilines is 2. The largest absolute Gasteiger partial charge is 0.367 e. The molecular weight excluding hydrogens is 402 g/mol. The SMILES string of the molecule is Cc1ccc(S(=O)(=O)Nc2cc3c(cc2N2CCN(C)CC2)n(C)c(=O)n3C)cc1. The summed E-state index contributed by atoms with van der Waals surface area (Å²) in [6.07, 6.45) is 0. The second-order valence-corrected chi connectivity index (χ2v) is 9.65. The number of piperazine rings is 1. The van der Waals surface area contributed by atoms with Gasteiger partial charge in [-0.25, -0.2) is 13.2 Å². The highest BCUT2D eigenvalue weighted by Crippen LogP contribution is 2.33. The molecule has 1 aromatic heterocycles. The summed E-state index contributed by atoms with van der Waals surface area (Å²) in [5.41, 5.74) is 3.57. The van der Waals surface area contributed by atoms with E-state index in [-0.39, 0.29) is 10.6 Å². The van der Waals surface area contributed by atoms with E-state index in [1.165, 1.54) is 4.57 Å². The van der Waals surface area contributed by atoms with Gasteiger partial charge in [0.05, 0.1) is 27.3 Å². The van der Waals surface area contributed by atoms with Gasteiger partial charge in [0.1, 0.15) is 0 Å². The van der Waals surface area contributed by atoms with Crippen molar-refractivity contribution in [2.45, 2.75) is 11.8 Å². The number of nitrogens with one attached hydrogen (secondary N) is 1. The molecule has 0 aliphatic carbocycles. The van der Waals surface area contributed by atoms with Crippen LogP contribution < -0.4 is 15.3 Å². The van der Waals surface area contributed by atoms with Crippen LogP contribution in [0.2, 0.25) is 0 Å². The van der Waals surface area contributed by atoms with Crippen molar-refractivity contribution >= 4 is 32.4 Å². The van der Waals surface area contributed by atoms with Crippen LogP contribution in [-0.4, -0.2) is 55.7 Å². The Morgan fingerprint density at radius 1 is 0.867 bits per heavy atom. The van der Waals surface area contributed by atoms with Crippen LogP contribution in [0.1, 0.15) is 5.56 Å². The fraction of sp³-hybridized carbons (Fsp3) is 0.381. The maximum atomic E-state index is 13.1. The highest BCUT2D eigenvalue weighted by Gasteiger charge is 2.23. The first-order valence-electron chi connectivity index (χ1n) is 9.90. The van der Waals surface area contributed by atoms with Crippen LogP contribution >= 0.6 is 0 Å². The molecule has 2 aromatic carbocycles. The highest BCUT2D eigenvalue weighted by molar-refractivity contribution is 7.92. The molecule has 9 heteroatoms. The zero-order chi connectivity index (χ0) is 21.6. The van der Waals surface area contributed by atoms with Gasteiger partial charge in [0.25, 0.3) is 10.0 Å². The normalized spacial score (nSPS) is 15.7. The number of benzene rings is 2. The minimum Gasteiger partial charge on any atom is -0.367 e. The Hall–Kier alpha value is -2.78. The number of sulfonamides is 1. The molecule has 160 valence electrons. The minimum absolute atomic E-state index is 0.145. The Balaban J connectivity index is 1.84. The van der Waals surface area contributed by atoms with Crippen LogP contribution in [0.4, 0.5) is 11.4 Å². The van der Waals surface area contributed by atoms with Crippen LogP contribution in [0.15, 0.2) is 46.1 Å². The number of imidazole rings is 1. The molecule has 30 heavy (non-hydrogen) atoms. The van der Waals surface area contributed by atoms with Gasteiger partial charge in [-0.3, -0.25) is 13.9 Å². The molecular formula is C21H27N5O3S. The van der Waals surface area contributed by atoms with Crippen molar-refractivity contribution in [3.8, 4) is 0 Å². The van der Waals surface area contributed by atoms with E-state index in [9.17, 15) is 13.2 Å². The lowest BCUT2D eigenvalue weighted by molar-refractivity contribution is 0.313. The first-order valence-corrected chi connectivity index (χ1v) is 11.4. The number of rotatable bonds is 4. The monoisotopic (exact) mass is 429 g/mol. The number of fused-ring (bicyclic) bond motifs is 1. The van der Waals surface area contributed by atoms with Gasteiger partial charge in [-0.1, -0.05) is 17.7 Å². The quantitative estimate of drug-likeness (QED) is 0.683. The van der Waals surface area contributed by atoms with Gasteiger partial charge in [-0.05, 0) is 38.2 Å². The summed E-state index contributed by atoms with van der Waals surface area (Å²) >= 11 is 0. The minimum atomic E-state index is -3.77. The number of aryl methyl sites for hydroxylation is 3. The average molecular weight is 430 g/mol. The Labute approximate surface area is 176 Å². The summed E-state index contributed by atoms with van der Waals surface area (Å²) in [5.74, 6) is 0. The van der Waals surface area contributed by atoms with Gasteiger partial charge in [0.2, 0.25) is 0 Å². The molecule has 0 bridgehead atoms. The van der Waals surface area contributed by atoms with E-state index in [2.05, 4.69) is 21.6 Å². The Kier molecular flexibility index (Phi) is 5.11. The topological polar surface area (TPSA) is 79.6 Å². The molecule has 3 aromatic rings. The molecule has 1 aliphatic heterocycles. The third-order valence-electron chi connectivity index (χ3n) is 5.81. The lowest BCUT2D eigenvalue weighted by Crippen LogP contribution is -2.44. The van der Waals surface area contributed by atoms with E-state index < -0.39 is 10.0 Å². The molecule has 8 nitrogen and oxygen atoms in total. The zero-order valence-corrected chi connectivity index (χ0v) is 18.5. The van der Waals surface area contributed by atoms with E-state index in [4.69, 9.17) is 0 Å². The second kappa shape index (κ2) is 7.48. The van der Waals surface area contributed by atoms with Gasteiger partial charge in [0.15, 0.2) is 0 Å². The van der Waals surface area contributed by atoms with Crippen LogP contribution in [0.3, 0.4) is 0 Å². The zero-order valence-electron chi connectivity index (χ0n) is 17.7. The fourth-order valence-corrected chi connectivity index (χ4v) is 4.91. The molecule has 1 aliphatic rings. The summed E-state index contributed by atoms with van der Waals surface area (Å²) in [6.45, 7) is 5.25. The van der Waals surface area contributed by atoms with Gasteiger partial charge in [-0.2, -0.15) is 0 Å². The van der Waals surface area contributed by atoms with Crippen LogP contribution in [0.25, 0.3) is 11.0 Å². The number of nitrogens with zero attached hydrogens (tertiary/aromatic N) is 4. The van der Waals surface area contributed by atoms with Crippen LogP contribution in [-0.2, 0) is 24.1 Å². The molecule has 0 saturated carbocycles. The predicted octanol–water partition coefficient (Wildman–Crippen LogP) is 1.74. The van der Waals surface area contributed by atoms with Gasteiger partial charge in [0, 0.05) is 40.3 Å². The summed E-state index contributed by atoms with van der Waals surface area (Å²) in [5, 5.41) is 0. The molecule has 0 amide bonds. The van der Waals surface area contributed by atoms with Crippen molar-refractivity contribution in [3.05, 3.63) is 52.4 Å². The molecule has 0 radical (unpaired) electrons. The summed E-state index contributed by atoms with van der Waals surface area (Å²) in [6, 6.07) is 10.4. The number of hydrogen-bond acceptors (Lipinski definition) is 5. The third-order valence-corrected chi connectivity index (χ3v) is 7.19. The average Bonchev–Trinajstić information content (AvgIpc) is 2.92. The molecule has 4 rings (SSSR count).